The van der Waals surface area contributed by atoms with Gasteiger partial charge in [0.15, 0.2) is 5.60 Å². The fourth-order valence-electron chi connectivity index (χ4n) is 5.17. The highest BCUT2D eigenvalue weighted by Gasteiger charge is 2.55. The largest absolute Gasteiger partial charge is 0.440 e. The van der Waals surface area contributed by atoms with Gasteiger partial charge < -0.3 is 19.3 Å². The number of carbonyl (C=O) groups is 1. The summed E-state index contributed by atoms with van der Waals surface area (Å²) in [5.41, 5.74) is 3.42. The summed E-state index contributed by atoms with van der Waals surface area (Å²) in [6.07, 6.45) is 4.32. The van der Waals surface area contributed by atoms with E-state index in [0.29, 0.717) is 28.7 Å². The van der Waals surface area contributed by atoms with Gasteiger partial charge in [0.25, 0.3) is 0 Å². The van der Waals surface area contributed by atoms with Crippen molar-refractivity contribution in [3.8, 4) is 11.6 Å². The van der Waals surface area contributed by atoms with Gasteiger partial charge in [0.05, 0.1) is 16.8 Å². The number of aromatic nitrogens is 2. The van der Waals surface area contributed by atoms with Gasteiger partial charge in [0, 0.05) is 50.1 Å². The molecule has 7 nitrogen and oxygen atoms in total. The number of ether oxygens (including phenoxy) is 2. The summed E-state index contributed by atoms with van der Waals surface area (Å²) in [5, 5.41) is 0. The molecule has 5 rings (SSSR count). The number of rotatable bonds is 8. The standard InChI is InChI=1S/C29H34N4O3/c1-6-8-16-33(17-9-7-2)28-30-19(3)25-26(31-28)35-24-18-20(32(4)5)14-15-23(24)29(25)22-13-11-10-12-21(22)27(34)36-29/h10-15,18H,6-9,16-17H2,1-5H3. The number of esters is 1. The fourth-order valence-corrected chi connectivity index (χ4v) is 5.17. The Bertz CT molecular complexity index is 1300. The lowest BCUT2D eigenvalue weighted by molar-refractivity contribution is 0.0218. The van der Waals surface area contributed by atoms with Crippen LogP contribution >= 0.6 is 0 Å². The average molecular weight is 487 g/mol. The molecular weight excluding hydrogens is 452 g/mol. The number of fused-ring (bicyclic) bond motifs is 6. The van der Waals surface area contributed by atoms with Gasteiger partial charge in [-0.1, -0.05) is 44.9 Å². The SMILES string of the molecule is CCCCN(CCCC)c1nc(C)c2c(n1)Oc1cc(N(C)C)ccc1C21OC(=O)c2ccccc21. The van der Waals surface area contributed by atoms with Crippen molar-refractivity contribution in [3.05, 3.63) is 70.4 Å². The van der Waals surface area contributed by atoms with E-state index in [1.165, 1.54) is 0 Å². The highest BCUT2D eigenvalue weighted by Crippen LogP contribution is 2.56. The second kappa shape index (κ2) is 9.45. The van der Waals surface area contributed by atoms with Gasteiger partial charge in [-0.05, 0) is 38.0 Å². The number of anilines is 2. The minimum Gasteiger partial charge on any atom is -0.440 e. The third-order valence-electron chi connectivity index (χ3n) is 7.08. The van der Waals surface area contributed by atoms with E-state index in [-0.39, 0.29) is 5.97 Å². The molecule has 0 amide bonds. The Kier molecular flexibility index (Phi) is 6.33. The van der Waals surface area contributed by atoms with Crippen LogP contribution in [-0.2, 0) is 10.3 Å². The predicted molar refractivity (Wildman–Crippen MR) is 141 cm³/mol. The van der Waals surface area contributed by atoms with Crippen LogP contribution in [0.15, 0.2) is 42.5 Å². The molecule has 0 N–H and O–H groups in total. The van der Waals surface area contributed by atoms with E-state index in [0.717, 1.165) is 61.3 Å². The maximum atomic E-state index is 13.1. The first-order valence-corrected chi connectivity index (χ1v) is 12.9. The second-order valence-electron chi connectivity index (χ2n) is 9.78. The number of hydrogen-bond acceptors (Lipinski definition) is 7. The Morgan fingerprint density at radius 3 is 2.36 bits per heavy atom. The summed E-state index contributed by atoms with van der Waals surface area (Å²) in [7, 11) is 3.98. The van der Waals surface area contributed by atoms with Crippen molar-refractivity contribution >= 4 is 17.6 Å². The monoisotopic (exact) mass is 486 g/mol. The third-order valence-corrected chi connectivity index (χ3v) is 7.08. The van der Waals surface area contributed by atoms with Crippen molar-refractivity contribution in [2.24, 2.45) is 0 Å². The highest BCUT2D eigenvalue weighted by atomic mass is 16.6. The molecule has 2 aromatic carbocycles. The first-order valence-electron chi connectivity index (χ1n) is 12.9. The maximum Gasteiger partial charge on any atom is 0.340 e. The zero-order chi connectivity index (χ0) is 25.4. The van der Waals surface area contributed by atoms with Crippen molar-refractivity contribution in [2.45, 2.75) is 52.1 Å². The zero-order valence-electron chi connectivity index (χ0n) is 21.8. The topological polar surface area (TPSA) is 67.8 Å². The molecule has 7 heteroatoms. The quantitative estimate of drug-likeness (QED) is 0.371. The Hall–Kier alpha value is -3.61. The predicted octanol–water partition coefficient (Wildman–Crippen LogP) is 5.83. The summed E-state index contributed by atoms with van der Waals surface area (Å²) in [6.45, 7) is 8.11. The van der Waals surface area contributed by atoms with Crippen LogP contribution in [0.1, 0.15) is 72.3 Å². The van der Waals surface area contributed by atoms with Gasteiger partial charge in [0.1, 0.15) is 5.75 Å². The van der Waals surface area contributed by atoms with E-state index in [4.69, 9.17) is 19.4 Å². The molecule has 0 saturated carbocycles. The van der Waals surface area contributed by atoms with Crippen molar-refractivity contribution in [1.82, 2.24) is 9.97 Å². The lowest BCUT2D eigenvalue weighted by Crippen LogP contribution is -2.36. The number of nitrogens with zero attached hydrogens (tertiary/aromatic N) is 4. The molecule has 1 atom stereocenters. The van der Waals surface area contributed by atoms with Crippen molar-refractivity contribution in [2.75, 3.05) is 37.0 Å². The van der Waals surface area contributed by atoms with Crippen molar-refractivity contribution in [3.63, 3.8) is 0 Å². The smallest absolute Gasteiger partial charge is 0.340 e. The first-order chi connectivity index (χ1) is 17.4. The summed E-state index contributed by atoms with van der Waals surface area (Å²) in [4.78, 5) is 27.3. The number of benzene rings is 2. The average Bonchev–Trinajstić information content (AvgIpc) is 3.16. The molecule has 0 fully saturated rings. The van der Waals surface area contributed by atoms with E-state index in [2.05, 4.69) is 18.7 Å². The minimum absolute atomic E-state index is 0.350. The minimum atomic E-state index is -1.15. The van der Waals surface area contributed by atoms with E-state index >= 15 is 0 Å². The van der Waals surface area contributed by atoms with Crippen LogP contribution in [0.5, 0.6) is 11.6 Å². The van der Waals surface area contributed by atoms with Crippen LogP contribution in [0, 0.1) is 6.92 Å². The summed E-state index contributed by atoms with van der Waals surface area (Å²) in [5.74, 6) is 1.39. The second-order valence-corrected chi connectivity index (χ2v) is 9.78. The van der Waals surface area contributed by atoms with Crippen LogP contribution in [0.25, 0.3) is 0 Å². The molecule has 2 aliphatic heterocycles. The van der Waals surface area contributed by atoms with Gasteiger partial charge in [-0.3, -0.25) is 0 Å². The highest BCUT2D eigenvalue weighted by molar-refractivity contribution is 5.97. The van der Waals surface area contributed by atoms with Gasteiger partial charge in [-0.15, -0.1) is 0 Å². The molecule has 1 aromatic heterocycles. The van der Waals surface area contributed by atoms with Gasteiger partial charge in [-0.25, -0.2) is 9.78 Å². The fraction of sp³-hybridized carbons (Fsp3) is 0.414. The molecule has 36 heavy (non-hydrogen) atoms. The summed E-state index contributed by atoms with van der Waals surface area (Å²) >= 11 is 0. The summed E-state index contributed by atoms with van der Waals surface area (Å²) < 4.78 is 12.8. The summed E-state index contributed by atoms with van der Waals surface area (Å²) in [6, 6.07) is 13.6. The molecule has 188 valence electrons. The molecule has 1 spiro atoms. The van der Waals surface area contributed by atoms with Crippen molar-refractivity contribution in [1.29, 1.82) is 0 Å². The lowest BCUT2D eigenvalue weighted by atomic mass is 9.78. The molecule has 1 unspecified atom stereocenters. The van der Waals surface area contributed by atoms with Gasteiger partial charge in [-0.2, -0.15) is 4.98 Å². The van der Waals surface area contributed by atoms with Crippen LogP contribution < -0.4 is 14.5 Å². The lowest BCUT2D eigenvalue weighted by Gasteiger charge is -2.37. The Labute approximate surface area is 213 Å². The Morgan fingerprint density at radius 2 is 1.67 bits per heavy atom. The van der Waals surface area contributed by atoms with E-state index in [9.17, 15) is 4.79 Å². The maximum absolute atomic E-state index is 13.1. The molecule has 3 aromatic rings. The van der Waals surface area contributed by atoms with Gasteiger partial charge in [0.2, 0.25) is 11.8 Å². The number of aryl methyl sites for hydroxylation is 1. The molecular formula is C29H34N4O3. The van der Waals surface area contributed by atoms with Crippen LogP contribution in [-0.4, -0.2) is 43.1 Å². The van der Waals surface area contributed by atoms with E-state index < -0.39 is 5.60 Å². The van der Waals surface area contributed by atoms with Crippen LogP contribution in [0.4, 0.5) is 11.6 Å². The number of hydrogen-bond donors (Lipinski definition) is 0. The Morgan fingerprint density at radius 1 is 0.944 bits per heavy atom. The first kappa shape index (κ1) is 24.1. The molecule has 2 aliphatic rings. The van der Waals surface area contributed by atoms with Gasteiger partial charge >= 0.3 is 5.97 Å². The van der Waals surface area contributed by atoms with E-state index in [1.807, 2.05) is 68.4 Å². The molecule has 0 aliphatic carbocycles. The zero-order valence-corrected chi connectivity index (χ0v) is 21.8. The normalized spacial score (nSPS) is 17.2. The van der Waals surface area contributed by atoms with E-state index in [1.54, 1.807) is 0 Å². The number of carbonyl (C=O) groups excluding carboxylic acids is 1. The number of unbranched alkanes of at least 4 members (excludes halogenated alkanes) is 2. The molecule has 0 bridgehead atoms. The molecule has 0 saturated heterocycles. The van der Waals surface area contributed by atoms with Crippen LogP contribution in [0.2, 0.25) is 0 Å². The third kappa shape index (κ3) is 3.77. The Balaban J connectivity index is 1.73. The van der Waals surface area contributed by atoms with Crippen LogP contribution in [0.3, 0.4) is 0 Å². The molecule has 3 heterocycles. The molecule has 0 radical (unpaired) electrons. The van der Waals surface area contributed by atoms with Crippen molar-refractivity contribution < 1.29 is 14.3 Å².